The molecule has 0 fully saturated rings. The smallest absolute Gasteiger partial charge is 0.225 e. The number of nitrogens with one attached hydrogen (secondary N) is 2. The Morgan fingerprint density at radius 2 is 1.68 bits per heavy atom. The van der Waals surface area contributed by atoms with Gasteiger partial charge in [-0.05, 0) is 51.2 Å². The maximum absolute atomic E-state index is 10.9. The van der Waals surface area contributed by atoms with E-state index in [1.165, 1.54) is 0 Å². The number of aromatic nitrogens is 3. The fraction of sp³-hybridized carbons (Fsp3) is 0.308. The predicted octanol–water partition coefficient (Wildman–Crippen LogP) is 5.55. The molecule has 0 amide bonds. The standard InChI is InChI=1S/C26H31ClN6O/c1-17(2)33-16-21-23(25(33)34)30-26(28-14-15-32(3)4)31-24(21)29-22(18-8-6-5-7-9-18)19-10-12-20(27)13-11-19/h5-13,16-17,22,34H,14-15H2,1-4H3,(H2,28,29,30,31). The molecule has 0 spiro atoms. The number of nitrogens with zero attached hydrogens (tertiary/aromatic N) is 4. The highest BCUT2D eigenvalue weighted by atomic mass is 35.5. The van der Waals surface area contributed by atoms with Crippen molar-refractivity contribution in [2.24, 2.45) is 0 Å². The second kappa shape index (κ2) is 10.3. The summed E-state index contributed by atoms with van der Waals surface area (Å²) in [4.78, 5) is 11.5. The van der Waals surface area contributed by atoms with Crippen LogP contribution in [-0.2, 0) is 0 Å². The van der Waals surface area contributed by atoms with E-state index in [2.05, 4.69) is 32.7 Å². The fourth-order valence-electron chi connectivity index (χ4n) is 3.86. The van der Waals surface area contributed by atoms with Gasteiger partial charge in [0.25, 0.3) is 0 Å². The van der Waals surface area contributed by atoms with Crippen molar-refractivity contribution in [1.29, 1.82) is 0 Å². The predicted molar refractivity (Wildman–Crippen MR) is 140 cm³/mol. The van der Waals surface area contributed by atoms with Crippen LogP contribution in [-0.4, -0.2) is 51.7 Å². The lowest BCUT2D eigenvalue weighted by Gasteiger charge is -2.21. The fourth-order valence-corrected chi connectivity index (χ4v) is 3.98. The van der Waals surface area contributed by atoms with E-state index in [9.17, 15) is 5.11 Å². The molecule has 8 heteroatoms. The normalized spacial score (nSPS) is 12.4. The number of benzene rings is 2. The van der Waals surface area contributed by atoms with Crippen LogP contribution in [0.1, 0.15) is 37.1 Å². The molecule has 4 rings (SSSR count). The molecule has 0 aliphatic rings. The van der Waals surface area contributed by atoms with E-state index < -0.39 is 0 Å². The summed E-state index contributed by atoms with van der Waals surface area (Å²) < 4.78 is 1.81. The lowest BCUT2D eigenvalue weighted by molar-refractivity contribution is 0.404. The van der Waals surface area contributed by atoms with Crippen molar-refractivity contribution in [1.82, 2.24) is 19.4 Å². The largest absolute Gasteiger partial charge is 0.493 e. The number of hydrogen-bond donors (Lipinski definition) is 3. The quantitative estimate of drug-likeness (QED) is 0.293. The maximum Gasteiger partial charge on any atom is 0.225 e. The van der Waals surface area contributed by atoms with Gasteiger partial charge in [-0.1, -0.05) is 54.1 Å². The van der Waals surface area contributed by atoms with Gasteiger partial charge in [0.2, 0.25) is 11.8 Å². The summed E-state index contributed by atoms with van der Waals surface area (Å²) >= 11 is 6.16. The average Bonchev–Trinajstić information content (AvgIpc) is 3.15. The summed E-state index contributed by atoms with van der Waals surface area (Å²) in [6, 6.07) is 17.9. The molecule has 0 saturated heterocycles. The summed E-state index contributed by atoms with van der Waals surface area (Å²) in [5.41, 5.74) is 2.66. The SMILES string of the molecule is CC(C)n1cc2c(NC(c3ccccc3)c3ccc(Cl)cc3)nc(NCCN(C)C)nc2c1O. The molecule has 0 aliphatic carbocycles. The first-order valence-electron chi connectivity index (χ1n) is 11.4. The van der Waals surface area contributed by atoms with Gasteiger partial charge in [-0.2, -0.15) is 4.98 Å². The lowest BCUT2D eigenvalue weighted by atomic mass is 9.98. The van der Waals surface area contributed by atoms with E-state index in [-0.39, 0.29) is 18.0 Å². The van der Waals surface area contributed by atoms with Gasteiger partial charge in [0.1, 0.15) is 11.3 Å². The molecular weight excluding hydrogens is 448 g/mol. The Morgan fingerprint density at radius 1 is 1.00 bits per heavy atom. The van der Waals surface area contributed by atoms with Gasteiger partial charge in [-0.3, -0.25) is 0 Å². The first-order chi connectivity index (χ1) is 16.3. The van der Waals surface area contributed by atoms with E-state index >= 15 is 0 Å². The minimum absolute atomic E-state index is 0.0772. The van der Waals surface area contributed by atoms with Crippen molar-refractivity contribution in [3.63, 3.8) is 0 Å². The molecule has 7 nitrogen and oxygen atoms in total. The minimum atomic E-state index is -0.171. The van der Waals surface area contributed by atoms with Crippen molar-refractivity contribution < 1.29 is 5.11 Å². The van der Waals surface area contributed by atoms with E-state index in [0.717, 1.165) is 23.1 Å². The minimum Gasteiger partial charge on any atom is -0.493 e. The molecule has 2 aromatic carbocycles. The first-order valence-corrected chi connectivity index (χ1v) is 11.8. The number of hydrogen-bond acceptors (Lipinski definition) is 6. The van der Waals surface area contributed by atoms with Crippen molar-refractivity contribution in [3.05, 3.63) is 76.9 Å². The zero-order valence-corrected chi connectivity index (χ0v) is 20.7. The summed E-state index contributed by atoms with van der Waals surface area (Å²) in [7, 11) is 4.04. The molecule has 1 unspecified atom stereocenters. The molecule has 0 bridgehead atoms. The number of anilines is 2. The van der Waals surface area contributed by atoms with Crippen LogP contribution in [0, 0.1) is 0 Å². The average molecular weight is 479 g/mol. The molecule has 4 aromatic rings. The van der Waals surface area contributed by atoms with E-state index in [4.69, 9.17) is 16.6 Å². The summed E-state index contributed by atoms with van der Waals surface area (Å²) in [6.45, 7) is 5.56. The van der Waals surface area contributed by atoms with Crippen molar-refractivity contribution >= 4 is 34.3 Å². The van der Waals surface area contributed by atoms with Gasteiger partial charge >= 0.3 is 0 Å². The van der Waals surface area contributed by atoms with Crippen LogP contribution in [0.2, 0.25) is 5.02 Å². The zero-order valence-electron chi connectivity index (χ0n) is 20.0. The molecule has 178 valence electrons. The molecule has 3 N–H and O–H groups in total. The molecule has 0 radical (unpaired) electrons. The van der Waals surface area contributed by atoms with Gasteiger partial charge in [-0.15, -0.1) is 0 Å². The van der Waals surface area contributed by atoms with Crippen LogP contribution in [0.15, 0.2) is 60.8 Å². The van der Waals surface area contributed by atoms with Crippen LogP contribution in [0.4, 0.5) is 11.8 Å². The number of fused-ring (bicyclic) bond motifs is 1. The van der Waals surface area contributed by atoms with Crippen LogP contribution < -0.4 is 10.6 Å². The summed E-state index contributed by atoms with van der Waals surface area (Å²) in [5.74, 6) is 1.25. The van der Waals surface area contributed by atoms with Gasteiger partial charge in [0.15, 0.2) is 0 Å². The molecule has 2 aromatic heterocycles. The van der Waals surface area contributed by atoms with Crippen LogP contribution in [0.25, 0.3) is 10.9 Å². The Hall–Kier alpha value is -3.29. The Kier molecular flexibility index (Phi) is 7.24. The van der Waals surface area contributed by atoms with E-state index in [0.29, 0.717) is 28.9 Å². The van der Waals surface area contributed by atoms with Gasteiger partial charge < -0.3 is 25.2 Å². The number of likely N-dealkylation sites (N-methyl/N-ethyl adjacent to an activating group) is 1. The first kappa shape index (κ1) is 23.9. The maximum atomic E-state index is 10.9. The van der Waals surface area contributed by atoms with Crippen molar-refractivity contribution in [3.8, 4) is 5.88 Å². The Balaban J connectivity index is 1.80. The Bertz CT molecular complexity index is 1240. The van der Waals surface area contributed by atoms with Crippen LogP contribution >= 0.6 is 11.6 Å². The van der Waals surface area contributed by atoms with Gasteiger partial charge in [0.05, 0.1) is 11.4 Å². The summed E-state index contributed by atoms with van der Waals surface area (Å²) in [5, 5.41) is 19.3. The molecule has 0 saturated carbocycles. The second-order valence-electron chi connectivity index (χ2n) is 8.88. The molecular formula is C26H31ClN6O. The van der Waals surface area contributed by atoms with Gasteiger partial charge in [-0.25, -0.2) is 4.98 Å². The Morgan fingerprint density at radius 3 is 2.32 bits per heavy atom. The van der Waals surface area contributed by atoms with Crippen molar-refractivity contribution in [2.75, 3.05) is 37.8 Å². The zero-order chi connectivity index (χ0) is 24.2. The highest BCUT2D eigenvalue weighted by Crippen LogP contribution is 2.36. The van der Waals surface area contributed by atoms with E-state index in [1.807, 2.05) is 81.2 Å². The number of rotatable bonds is 9. The monoisotopic (exact) mass is 478 g/mol. The topological polar surface area (TPSA) is 78.2 Å². The van der Waals surface area contributed by atoms with Crippen LogP contribution in [0.3, 0.4) is 0 Å². The molecule has 1 atom stereocenters. The molecule has 34 heavy (non-hydrogen) atoms. The number of aromatic hydroxyl groups is 1. The third-order valence-corrected chi connectivity index (χ3v) is 5.94. The van der Waals surface area contributed by atoms with E-state index in [1.54, 1.807) is 0 Å². The van der Waals surface area contributed by atoms with Gasteiger partial charge in [0, 0.05) is 30.4 Å². The Labute approximate surface area is 205 Å². The number of halogens is 1. The third kappa shape index (κ3) is 5.26. The second-order valence-corrected chi connectivity index (χ2v) is 9.32. The highest BCUT2D eigenvalue weighted by Gasteiger charge is 2.21. The van der Waals surface area contributed by atoms with Crippen LogP contribution in [0.5, 0.6) is 5.88 Å². The molecule has 2 heterocycles. The molecule has 0 aliphatic heterocycles. The lowest BCUT2D eigenvalue weighted by Crippen LogP contribution is -2.22. The third-order valence-electron chi connectivity index (χ3n) is 5.69. The summed E-state index contributed by atoms with van der Waals surface area (Å²) in [6.07, 6.45) is 1.91. The highest BCUT2D eigenvalue weighted by molar-refractivity contribution is 6.30. The van der Waals surface area contributed by atoms with Crippen molar-refractivity contribution in [2.45, 2.75) is 25.9 Å².